The van der Waals surface area contributed by atoms with Crippen molar-refractivity contribution in [3.05, 3.63) is 214 Å². The van der Waals surface area contributed by atoms with E-state index in [1.54, 1.807) is 0 Å². The van der Waals surface area contributed by atoms with Gasteiger partial charge in [-0.05, 0) is 123 Å². The first kappa shape index (κ1) is 41.2. The summed E-state index contributed by atoms with van der Waals surface area (Å²) in [6.07, 6.45) is 0.0701. The van der Waals surface area contributed by atoms with Crippen LogP contribution in [0.4, 0.5) is 34.1 Å². The maximum Gasteiger partial charge on any atom is 0.303 e. The zero-order valence-electron chi connectivity index (χ0n) is 35.3. The highest BCUT2D eigenvalue weighted by atomic mass is 16.5. The zero-order valence-corrected chi connectivity index (χ0v) is 35.3. The van der Waals surface area contributed by atoms with Gasteiger partial charge in [0.15, 0.2) is 0 Å². The summed E-state index contributed by atoms with van der Waals surface area (Å²) in [6, 6.07) is 58.8. The first-order valence-electron chi connectivity index (χ1n) is 20.5. The number of hydrogen-bond acceptors (Lipinski definition) is 6. The Hall–Kier alpha value is -6.92. The zero-order chi connectivity index (χ0) is 42.2. The number of rotatable bonds is 14. The Kier molecular flexibility index (Phi) is 12.9. The molecule has 0 amide bonds. The lowest BCUT2D eigenvalue weighted by Gasteiger charge is -2.26. The first-order valence-corrected chi connectivity index (χ1v) is 20.5. The standard InChI is InChI=1S/C54H52N2O4/c1-37-7-23-47(24-8-37)55(48-25-9-38(2)10-26-48)51-31-19-45(20-32-51)53(59-41(5)57)35-43-15-17-44(18-16-43)36-54(60-42(6)58)46-21-33-52(34-22-46)56(49-27-11-39(3)12-28-49)50-29-13-40(4)14-30-50/h7-34,53-54H,35-36H2,1-6H3. The molecule has 0 saturated heterocycles. The Bertz CT molecular complexity index is 2220. The van der Waals surface area contributed by atoms with Gasteiger partial charge < -0.3 is 19.3 Å². The summed E-state index contributed by atoms with van der Waals surface area (Å²) in [5.74, 6) is -0.671. The lowest BCUT2D eigenvalue weighted by atomic mass is 9.97. The SMILES string of the molecule is CC(=O)OC(Cc1ccc(CC(OC(C)=O)c2ccc(N(c3ccc(C)cc3)c3ccc(C)cc3)cc2)cc1)c1ccc(N(c2ccc(C)cc2)c2ccc(C)cc2)cc1. The molecule has 2 atom stereocenters. The van der Waals surface area contributed by atoms with Crippen molar-refractivity contribution in [2.24, 2.45) is 0 Å². The number of esters is 2. The summed E-state index contributed by atoms with van der Waals surface area (Å²) in [4.78, 5) is 29.2. The fourth-order valence-corrected chi connectivity index (χ4v) is 7.44. The second kappa shape index (κ2) is 18.8. The van der Waals surface area contributed by atoms with Crippen LogP contribution in [0, 0.1) is 27.7 Å². The highest BCUT2D eigenvalue weighted by molar-refractivity contribution is 5.78. The maximum absolute atomic E-state index is 12.4. The third-order valence-corrected chi connectivity index (χ3v) is 10.7. The van der Waals surface area contributed by atoms with Gasteiger partial charge in [0, 0.05) is 60.8 Å². The molecule has 0 spiro atoms. The molecule has 0 aliphatic carbocycles. The lowest BCUT2D eigenvalue weighted by Crippen LogP contribution is -2.14. The quantitative estimate of drug-likeness (QED) is 0.102. The molecule has 60 heavy (non-hydrogen) atoms. The maximum atomic E-state index is 12.4. The van der Waals surface area contributed by atoms with Crippen molar-refractivity contribution >= 4 is 46.1 Å². The number of anilines is 6. The molecule has 0 aliphatic rings. The molecule has 6 heteroatoms. The number of hydrogen-bond donors (Lipinski definition) is 0. The molecule has 6 nitrogen and oxygen atoms in total. The normalized spacial score (nSPS) is 12.0. The number of carbonyl (C=O) groups is 2. The minimum atomic E-state index is -0.471. The van der Waals surface area contributed by atoms with Gasteiger partial charge >= 0.3 is 11.9 Å². The number of nitrogens with zero attached hydrogens (tertiary/aromatic N) is 2. The van der Waals surface area contributed by atoms with Gasteiger partial charge in [-0.25, -0.2) is 0 Å². The van der Waals surface area contributed by atoms with Crippen LogP contribution in [0.3, 0.4) is 0 Å². The van der Waals surface area contributed by atoms with Gasteiger partial charge in [-0.3, -0.25) is 9.59 Å². The van der Waals surface area contributed by atoms with Gasteiger partial charge in [0.2, 0.25) is 0 Å². The van der Waals surface area contributed by atoms with E-state index >= 15 is 0 Å². The number of aryl methyl sites for hydroxylation is 4. The van der Waals surface area contributed by atoms with Crippen LogP contribution < -0.4 is 9.80 Å². The minimum Gasteiger partial charge on any atom is -0.457 e. The van der Waals surface area contributed by atoms with Crippen LogP contribution in [0.2, 0.25) is 0 Å². The van der Waals surface area contributed by atoms with Crippen LogP contribution in [0.15, 0.2) is 170 Å². The van der Waals surface area contributed by atoms with Crippen LogP contribution in [-0.2, 0) is 31.9 Å². The Morgan fingerprint density at radius 3 is 0.800 bits per heavy atom. The van der Waals surface area contributed by atoms with Crippen LogP contribution >= 0.6 is 0 Å². The Morgan fingerprint density at radius 2 is 0.583 bits per heavy atom. The van der Waals surface area contributed by atoms with E-state index < -0.39 is 12.2 Å². The second-order valence-corrected chi connectivity index (χ2v) is 15.6. The highest BCUT2D eigenvalue weighted by Gasteiger charge is 2.21. The van der Waals surface area contributed by atoms with Crippen LogP contribution in [0.1, 0.15) is 70.6 Å². The van der Waals surface area contributed by atoms with Gasteiger partial charge in [-0.15, -0.1) is 0 Å². The Morgan fingerprint density at radius 1 is 0.367 bits per heavy atom. The van der Waals surface area contributed by atoms with Crippen molar-refractivity contribution in [1.82, 2.24) is 0 Å². The predicted octanol–water partition coefficient (Wildman–Crippen LogP) is 13.6. The molecule has 0 aliphatic heterocycles. The fraction of sp³-hybridized carbons (Fsp3) is 0.185. The van der Waals surface area contributed by atoms with Crippen molar-refractivity contribution in [3.8, 4) is 0 Å². The van der Waals surface area contributed by atoms with Crippen LogP contribution in [0.25, 0.3) is 0 Å². The van der Waals surface area contributed by atoms with Crippen molar-refractivity contribution < 1.29 is 19.1 Å². The summed E-state index contributed by atoms with van der Waals surface area (Å²) in [5, 5.41) is 0. The largest absolute Gasteiger partial charge is 0.457 e. The summed E-state index contributed by atoms with van der Waals surface area (Å²) in [7, 11) is 0. The highest BCUT2D eigenvalue weighted by Crippen LogP contribution is 2.38. The van der Waals surface area contributed by atoms with E-state index in [9.17, 15) is 9.59 Å². The van der Waals surface area contributed by atoms with Gasteiger partial charge in [-0.2, -0.15) is 0 Å². The molecule has 7 aromatic carbocycles. The molecule has 7 aromatic rings. The molecule has 0 heterocycles. The average molecular weight is 793 g/mol. The van der Waals surface area contributed by atoms with Gasteiger partial charge in [0.1, 0.15) is 12.2 Å². The van der Waals surface area contributed by atoms with Gasteiger partial charge in [-0.1, -0.05) is 119 Å². The minimum absolute atomic E-state index is 0.335. The molecule has 7 rings (SSSR count). The number of carbonyl (C=O) groups excluding carboxylic acids is 2. The van der Waals surface area contributed by atoms with Gasteiger partial charge in [0.25, 0.3) is 0 Å². The third kappa shape index (κ3) is 10.4. The van der Waals surface area contributed by atoms with Crippen molar-refractivity contribution in [1.29, 1.82) is 0 Å². The molecule has 0 fully saturated rings. The number of ether oxygens (including phenoxy) is 2. The summed E-state index contributed by atoms with van der Waals surface area (Å²) >= 11 is 0. The molecule has 0 aromatic heterocycles. The van der Waals surface area contributed by atoms with Crippen LogP contribution in [0.5, 0.6) is 0 Å². The average Bonchev–Trinajstić information content (AvgIpc) is 3.24. The molecule has 0 bridgehead atoms. The van der Waals surface area contributed by atoms with E-state index in [1.165, 1.54) is 36.1 Å². The smallest absolute Gasteiger partial charge is 0.303 e. The third-order valence-electron chi connectivity index (χ3n) is 10.7. The van der Waals surface area contributed by atoms with Crippen molar-refractivity contribution in [3.63, 3.8) is 0 Å². The Balaban J connectivity index is 1.08. The molecule has 302 valence electrons. The van der Waals surface area contributed by atoms with E-state index in [2.05, 4.69) is 183 Å². The van der Waals surface area contributed by atoms with Gasteiger partial charge in [0.05, 0.1) is 0 Å². The van der Waals surface area contributed by atoms with Crippen molar-refractivity contribution in [2.75, 3.05) is 9.80 Å². The fourth-order valence-electron chi connectivity index (χ4n) is 7.44. The van der Waals surface area contributed by atoms with Crippen LogP contribution in [-0.4, -0.2) is 11.9 Å². The molecular formula is C54H52N2O4. The summed E-state index contributed by atoms with van der Waals surface area (Å²) in [6.45, 7) is 11.3. The molecule has 2 unspecified atom stereocenters. The molecule has 0 saturated carbocycles. The van der Waals surface area contributed by atoms with E-state index in [1.807, 2.05) is 24.3 Å². The molecule has 0 radical (unpaired) electrons. The van der Waals surface area contributed by atoms with E-state index in [-0.39, 0.29) is 11.9 Å². The lowest BCUT2D eigenvalue weighted by molar-refractivity contribution is -0.147. The first-order chi connectivity index (χ1) is 29.0. The summed E-state index contributed by atoms with van der Waals surface area (Å²) < 4.78 is 11.8. The van der Waals surface area contributed by atoms with E-state index in [0.717, 1.165) is 56.4 Å². The molecular weight excluding hydrogens is 741 g/mol. The Labute approximate surface area is 354 Å². The van der Waals surface area contributed by atoms with E-state index in [4.69, 9.17) is 9.47 Å². The second-order valence-electron chi connectivity index (χ2n) is 15.6. The van der Waals surface area contributed by atoms with E-state index in [0.29, 0.717) is 12.8 Å². The predicted molar refractivity (Wildman–Crippen MR) is 244 cm³/mol. The summed E-state index contributed by atoms with van der Waals surface area (Å²) in [5.41, 5.74) is 14.9. The van der Waals surface area contributed by atoms with Crippen molar-refractivity contribution in [2.45, 2.75) is 66.6 Å². The monoisotopic (exact) mass is 792 g/mol. The topological polar surface area (TPSA) is 59.1 Å². The number of benzene rings is 7. The molecule has 0 N–H and O–H groups in total.